The van der Waals surface area contributed by atoms with E-state index in [0.717, 1.165) is 0 Å². The molecule has 27 heavy (non-hydrogen) atoms. The zero-order valence-electron chi connectivity index (χ0n) is 14.2. The average Bonchev–Trinajstić information content (AvgIpc) is 3.02. The third kappa shape index (κ3) is 3.12. The largest absolute Gasteiger partial charge is 0.476 e. The first-order valence-electron chi connectivity index (χ1n) is 8.17. The lowest BCUT2D eigenvalue weighted by Crippen LogP contribution is -2.09. The number of nitrogen functional groups attached to an aromatic ring is 1. The molecule has 4 rings (SSSR count). The van der Waals surface area contributed by atoms with Gasteiger partial charge in [0.2, 0.25) is 11.5 Å². The molecule has 1 fully saturated rings. The number of fused-ring (bicyclic) bond motifs is 1. The minimum absolute atomic E-state index is 0.0334. The summed E-state index contributed by atoms with van der Waals surface area (Å²) in [6.45, 7) is 1.59. The zero-order valence-corrected chi connectivity index (χ0v) is 14.2. The summed E-state index contributed by atoms with van der Waals surface area (Å²) >= 11 is 0. The van der Waals surface area contributed by atoms with Crippen molar-refractivity contribution < 1.29 is 18.1 Å². The maximum absolute atomic E-state index is 13.0. The van der Waals surface area contributed by atoms with Crippen molar-refractivity contribution in [2.24, 2.45) is 5.92 Å². The van der Waals surface area contributed by atoms with Crippen molar-refractivity contribution in [3.63, 3.8) is 0 Å². The maximum Gasteiger partial charge on any atom is 0.255 e. The molecular formula is C17H14F2N6O2. The van der Waals surface area contributed by atoms with Crippen molar-refractivity contribution in [1.82, 2.24) is 20.3 Å². The van der Waals surface area contributed by atoms with E-state index in [1.54, 1.807) is 13.0 Å². The van der Waals surface area contributed by atoms with Gasteiger partial charge in [-0.15, -0.1) is 0 Å². The van der Waals surface area contributed by atoms with Gasteiger partial charge in [-0.3, -0.25) is 0 Å². The Bertz CT molecular complexity index is 1080. The summed E-state index contributed by atoms with van der Waals surface area (Å²) in [6, 6.07) is 5.15. The van der Waals surface area contributed by atoms with Crippen LogP contribution in [0, 0.1) is 24.2 Å². The van der Waals surface area contributed by atoms with E-state index >= 15 is 0 Å². The molecule has 10 heteroatoms. The van der Waals surface area contributed by atoms with E-state index in [1.165, 1.54) is 6.07 Å². The normalized spacial score (nSPS) is 17.6. The molecule has 0 spiro atoms. The number of aryl methyl sites for hydroxylation is 1. The summed E-state index contributed by atoms with van der Waals surface area (Å²) < 4.78 is 36.1. The van der Waals surface area contributed by atoms with Gasteiger partial charge in [0, 0.05) is 29.8 Å². The Morgan fingerprint density at radius 3 is 2.85 bits per heavy atom. The van der Waals surface area contributed by atoms with Crippen LogP contribution in [0.3, 0.4) is 0 Å². The molecule has 1 saturated carbocycles. The number of aromatic nitrogens is 4. The van der Waals surface area contributed by atoms with Gasteiger partial charge in [-0.05, 0) is 29.4 Å². The highest BCUT2D eigenvalue weighted by Gasteiger charge is 2.57. The van der Waals surface area contributed by atoms with Crippen LogP contribution in [-0.4, -0.2) is 32.8 Å². The van der Waals surface area contributed by atoms with Crippen LogP contribution in [0.1, 0.15) is 28.9 Å². The number of hydrogen-bond acceptors (Lipinski definition) is 8. The molecule has 3 aromatic heterocycles. The van der Waals surface area contributed by atoms with Crippen LogP contribution in [-0.2, 0) is 6.42 Å². The molecule has 8 nitrogen and oxygen atoms in total. The summed E-state index contributed by atoms with van der Waals surface area (Å²) in [7, 11) is 0. The number of pyridine rings is 2. The molecule has 1 aliphatic carbocycles. The molecule has 3 aromatic rings. The molecule has 1 atom stereocenters. The van der Waals surface area contributed by atoms with E-state index in [1.807, 2.05) is 6.07 Å². The van der Waals surface area contributed by atoms with Gasteiger partial charge in [-0.1, -0.05) is 0 Å². The molecule has 0 saturated heterocycles. The van der Waals surface area contributed by atoms with Gasteiger partial charge in [-0.2, -0.15) is 5.26 Å². The van der Waals surface area contributed by atoms with Crippen LogP contribution in [0.4, 0.5) is 14.5 Å². The fourth-order valence-electron chi connectivity index (χ4n) is 2.80. The Hall–Kier alpha value is -3.35. The number of hydrogen-bond donors (Lipinski definition) is 1. The van der Waals surface area contributed by atoms with Crippen LogP contribution in [0.5, 0.6) is 5.88 Å². The molecule has 0 aliphatic heterocycles. The fourth-order valence-corrected chi connectivity index (χ4v) is 2.80. The average molecular weight is 372 g/mol. The molecule has 0 radical (unpaired) electrons. The van der Waals surface area contributed by atoms with Gasteiger partial charge < -0.3 is 10.5 Å². The molecule has 2 N–H and O–H groups in total. The Morgan fingerprint density at radius 2 is 2.15 bits per heavy atom. The number of rotatable bonds is 5. The Morgan fingerprint density at radius 1 is 1.37 bits per heavy atom. The number of nitrogens with two attached hydrogens (primary N) is 1. The number of nitriles is 1. The predicted octanol–water partition coefficient (Wildman–Crippen LogP) is 2.40. The highest BCUT2D eigenvalue weighted by atomic mass is 19.3. The van der Waals surface area contributed by atoms with Gasteiger partial charge >= 0.3 is 0 Å². The summed E-state index contributed by atoms with van der Waals surface area (Å²) in [5.74, 6) is -3.49. The van der Waals surface area contributed by atoms with Crippen molar-refractivity contribution in [3.8, 4) is 11.9 Å². The van der Waals surface area contributed by atoms with E-state index in [9.17, 15) is 14.0 Å². The maximum atomic E-state index is 13.0. The number of nitrogens with zero attached hydrogens (tertiary/aromatic N) is 5. The second-order valence-corrected chi connectivity index (χ2v) is 6.44. The molecule has 0 amide bonds. The second-order valence-electron chi connectivity index (χ2n) is 6.44. The van der Waals surface area contributed by atoms with Gasteiger partial charge in [0.1, 0.15) is 11.6 Å². The van der Waals surface area contributed by atoms with Crippen molar-refractivity contribution >= 4 is 16.9 Å². The standard InChI is InChI=1S/C17H14F2N6O2/c1-8-12(13(21)14-15(22-8)25-27-24-14)4-11-3-2-9(6-20)16(23-11)26-7-10-5-17(10,18)19/h2-3,10H,4-5,7,21H2,1H3. The SMILES string of the molecule is Cc1nc2nonc2c(N)c1Cc1ccc(C#N)c(OCC2CC2(F)F)n1. The predicted molar refractivity (Wildman–Crippen MR) is 89.1 cm³/mol. The Balaban J connectivity index is 1.61. The summed E-state index contributed by atoms with van der Waals surface area (Å²) in [5.41, 5.74) is 9.27. The van der Waals surface area contributed by atoms with Crippen molar-refractivity contribution in [2.75, 3.05) is 12.3 Å². The molecular weight excluding hydrogens is 358 g/mol. The minimum Gasteiger partial charge on any atom is -0.476 e. The highest BCUT2D eigenvalue weighted by Crippen LogP contribution is 2.48. The van der Waals surface area contributed by atoms with Crippen LogP contribution < -0.4 is 10.5 Å². The quantitative estimate of drug-likeness (QED) is 0.724. The lowest BCUT2D eigenvalue weighted by Gasteiger charge is -2.11. The van der Waals surface area contributed by atoms with Gasteiger partial charge in [0.15, 0.2) is 5.52 Å². The third-order valence-corrected chi connectivity index (χ3v) is 4.54. The number of ether oxygens (including phenoxy) is 1. The van der Waals surface area contributed by atoms with Crippen molar-refractivity contribution in [2.45, 2.75) is 25.7 Å². The van der Waals surface area contributed by atoms with E-state index in [2.05, 4.69) is 24.9 Å². The first-order chi connectivity index (χ1) is 12.9. The smallest absolute Gasteiger partial charge is 0.255 e. The van der Waals surface area contributed by atoms with Crippen LogP contribution in [0.2, 0.25) is 0 Å². The zero-order chi connectivity index (χ0) is 19.2. The van der Waals surface area contributed by atoms with Gasteiger partial charge in [-0.25, -0.2) is 23.4 Å². The lowest BCUT2D eigenvalue weighted by atomic mass is 10.0. The second kappa shape index (κ2) is 6.12. The number of alkyl halides is 2. The Kier molecular flexibility index (Phi) is 3.87. The summed E-state index contributed by atoms with van der Waals surface area (Å²) in [6.07, 6.45) is 0.0941. The molecule has 0 aromatic carbocycles. The first-order valence-corrected chi connectivity index (χ1v) is 8.17. The van der Waals surface area contributed by atoms with E-state index in [-0.39, 0.29) is 24.5 Å². The van der Waals surface area contributed by atoms with Crippen LogP contribution in [0.25, 0.3) is 11.2 Å². The molecule has 138 valence electrons. The topological polar surface area (TPSA) is 124 Å². The first kappa shape index (κ1) is 17.1. The number of halogens is 2. The summed E-state index contributed by atoms with van der Waals surface area (Å²) in [5, 5.41) is 16.6. The van der Waals surface area contributed by atoms with E-state index in [0.29, 0.717) is 40.2 Å². The summed E-state index contributed by atoms with van der Waals surface area (Å²) in [4.78, 5) is 8.59. The minimum atomic E-state index is -2.69. The monoisotopic (exact) mass is 372 g/mol. The fraction of sp³-hybridized carbons (Fsp3) is 0.353. The van der Waals surface area contributed by atoms with Gasteiger partial charge in [0.05, 0.1) is 18.2 Å². The number of anilines is 1. The molecule has 0 bridgehead atoms. The molecule has 1 aliphatic rings. The van der Waals surface area contributed by atoms with Crippen LogP contribution >= 0.6 is 0 Å². The van der Waals surface area contributed by atoms with E-state index < -0.39 is 11.8 Å². The van der Waals surface area contributed by atoms with Crippen LogP contribution in [0.15, 0.2) is 16.8 Å². The molecule has 3 heterocycles. The Labute approximate surface area is 151 Å². The highest BCUT2D eigenvalue weighted by molar-refractivity contribution is 5.85. The van der Waals surface area contributed by atoms with E-state index in [4.69, 9.17) is 10.5 Å². The third-order valence-electron chi connectivity index (χ3n) is 4.54. The lowest BCUT2D eigenvalue weighted by molar-refractivity contribution is 0.0849. The van der Waals surface area contributed by atoms with Crippen molar-refractivity contribution in [3.05, 3.63) is 34.6 Å². The molecule has 1 unspecified atom stereocenters. The van der Waals surface area contributed by atoms with Gasteiger partial charge in [0.25, 0.3) is 5.92 Å². The van der Waals surface area contributed by atoms with Crippen molar-refractivity contribution in [1.29, 1.82) is 5.26 Å².